The summed E-state index contributed by atoms with van der Waals surface area (Å²) in [5, 5.41) is 0. The van der Waals surface area contributed by atoms with Crippen molar-refractivity contribution in [1.29, 1.82) is 0 Å². The predicted molar refractivity (Wildman–Crippen MR) is 99.8 cm³/mol. The highest BCUT2D eigenvalue weighted by molar-refractivity contribution is 5.90. The third-order valence-corrected chi connectivity index (χ3v) is 5.69. The maximum absolute atomic E-state index is 3.92. The van der Waals surface area contributed by atoms with Crippen LogP contribution in [0.1, 0.15) is 36.8 Å². The second kappa shape index (κ2) is 5.34. The number of benzene rings is 3. The van der Waals surface area contributed by atoms with E-state index in [4.69, 9.17) is 0 Å². The molecule has 0 aromatic heterocycles. The van der Waals surface area contributed by atoms with Gasteiger partial charge in [0.15, 0.2) is 0 Å². The van der Waals surface area contributed by atoms with Crippen LogP contribution in [0, 0.1) is 6.42 Å². The summed E-state index contributed by atoms with van der Waals surface area (Å²) in [7, 11) is 0. The Morgan fingerprint density at radius 2 is 1.08 bits per heavy atom. The lowest BCUT2D eigenvalue weighted by Gasteiger charge is -2.39. The molecule has 0 heterocycles. The fourth-order valence-corrected chi connectivity index (χ4v) is 4.64. The molecule has 116 valence electrons. The van der Waals surface area contributed by atoms with Crippen molar-refractivity contribution in [3.63, 3.8) is 0 Å². The highest BCUT2D eigenvalue weighted by Crippen LogP contribution is 2.53. The average molecular weight is 308 g/mol. The monoisotopic (exact) mass is 308 g/mol. The van der Waals surface area contributed by atoms with Crippen molar-refractivity contribution in [2.75, 3.05) is 0 Å². The van der Waals surface area contributed by atoms with E-state index in [1.54, 1.807) is 0 Å². The maximum Gasteiger partial charge on any atom is 0.0283 e. The molecule has 3 aromatic rings. The molecule has 24 heavy (non-hydrogen) atoms. The molecule has 2 aliphatic rings. The smallest absolute Gasteiger partial charge is 0.0283 e. The minimum atomic E-state index is -0.0650. The summed E-state index contributed by atoms with van der Waals surface area (Å²) in [6.45, 7) is 0. The summed E-state index contributed by atoms with van der Waals surface area (Å²) in [6.07, 6.45) is 8.70. The zero-order valence-electron chi connectivity index (χ0n) is 13.8. The zero-order chi connectivity index (χ0) is 16.0. The van der Waals surface area contributed by atoms with Crippen molar-refractivity contribution in [2.45, 2.75) is 31.1 Å². The van der Waals surface area contributed by atoms with Gasteiger partial charge in [0.05, 0.1) is 0 Å². The highest BCUT2D eigenvalue weighted by atomic mass is 14.4. The van der Waals surface area contributed by atoms with E-state index in [1.807, 2.05) is 0 Å². The van der Waals surface area contributed by atoms with Crippen molar-refractivity contribution < 1.29 is 0 Å². The van der Waals surface area contributed by atoms with Crippen LogP contribution in [0.15, 0.2) is 72.8 Å². The van der Waals surface area contributed by atoms with Crippen LogP contribution in [-0.4, -0.2) is 0 Å². The summed E-state index contributed by atoms with van der Waals surface area (Å²) in [6, 6.07) is 26.8. The van der Waals surface area contributed by atoms with Gasteiger partial charge < -0.3 is 0 Å². The molecule has 0 aliphatic heterocycles. The van der Waals surface area contributed by atoms with Gasteiger partial charge in [-0.3, -0.25) is 0 Å². The van der Waals surface area contributed by atoms with E-state index >= 15 is 0 Å². The molecule has 0 amide bonds. The summed E-state index contributed by atoms with van der Waals surface area (Å²) in [4.78, 5) is 0. The normalized spacial score (nSPS) is 17.5. The molecular weight excluding hydrogens is 288 g/mol. The zero-order valence-corrected chi connectivity index (χ0v) is 13.8. The number of hydrogen-bond acceptors (Lipinski definition) is 0. The van der Waals surface area contributed by atoms with Crippen molar-refractivity contribution in [3.05, 3.63) is 90.3 Å². The minimum absolute atomic E-state index is 0.0650. The molecule has 0 saturated heterocycles. The topological polar surface area (TPSA) is 0 Å². The van der Waals surface area contributed by atoms with Crippen molar-refractivity contribution in [1.82, 2.24) is 0 Å². The fourth-order valence-electron chi connectivity index (χ4n) is 4.64. The van der Waals surface area contributed by atoms with E-state index in [1.165, 1.54) is 46.2 Å². The van der Waals surface area contributed by atoms with Crippen molar-refractivity contribution in [3.8, 4) is 22.3 Å². The summed E-state index contributed by atoms with van der Waals surface area (Å²) < 4.78 is 0. The quantitative estimate of drug-likeness (QED) is 0.459. The molecule has 3 aromatic carbocycles. The standard InChI is InChI=1S/C24H20/c1-8-16-24(17-9-1)22-14-6-4-12-20(22)18-10-2-3-11-19(18)21-13-5-7-15-23(21)24/h2-7,10-15H,1,8-9,16H2. The van der Waals surface area contributed by atoms with Gasteiger partial charge >= 0.3 is 0 Å². The molecule has 1 fully saturated rings. The van der Waals surface area contributed by atoms with Gasteiger partial charge in [-0.1, -0.05) is 85.6 Å². The first-order valence-electron chi connectivity index (χ1n) is 8.94. The lowest BCUT2D eigenvalue weighted by Crippen LogP contribution is -2.31. The molecule has 0 atom stereocenters. The second-order valence-electron chi connectivity index (χ2n) is 6.93. The Balaban J connectivity index is 1.94. The first kappa shape index (κ1) is 14.0. The molecule has 0 N–H and O–H groups in total. The summed E-state index contributed by atoms with van der Waals surface area (Å²) >= 11 is 0. The van der Waals surface area contributed by atoms with Crippen molar-refractivity contribution >= 4 is 0 Å². The predicted octanol–water partition coefficient (Wildman–Crippen LogP) is 6.28. The Hall–Kier alpha value is -2.34. The van der Waals surface area contributed by atoms with E-state index in [0.29, 0.717) is 0 Å². The van der Waals surface area contributed by atoms with Crippen LogP contribution in [-0.2, 0) is 5.41 Å². The SMILES string of the molecule is [C]1CCCCC12c1ccccc1-c1ccccc1-c1ccccc12. The second-order valence-corrected chi connectivity index (χ2v) is 6.93. The Kier molecular flexibility index (Phi) is 3.13. The highest BCUT2D eigenvalue weighted by Gasteiger charge is 2.41. The molecule has 2 aliphatic carbocycles. The third kappa shape index (κ3) is 1.86. The Morgan fingerprint density at radius 3 is 1.58 bits per heavy atom. The van der Waals surface area contributed by atoms with Crippen LogP contribution in [0.25, 0.3) is 22.3 Å². The molecule has 0 unspecified atom stereocenters. The summed E-state index contributed by atoms with van der Waals surface area (Å²) in [5.74, 6) is 0. The van der Waals surface area contributed by atoms with E-state index < -0.39 is 0 Å². The summed E-state index contributed by atoms with van der Waals surface area (Å²) in [5.41, 5.74) is 8.25. The van der Waals surface area contributed by atoms with Gasteiger partial charge in [-0.2, -0.15) is 0 Å². The van der Waals surface area contributed by atoms with Crippen LogP contribution in [0.3, 0.4) is 0 Å². The first-order valence-corrected chi connectivity index (χ1v) is 8.94. The molecule has 0 bridgehead atoms. The van der Waals surface area contributed by atoms with Crippen LogP contribution in [0.2, 0.25) is 0 Å². The molecule has 0 nitrogen and oxygen atoms in total. The molecule has 5 rings (SSSR count). The third-order valence-electron chi connectivity index (χ3n) is 5.69. The Labute approximate surface area is 144 Å². The van der Waals surface area contributed by atoms with E-state index in [9.17, 15) is 0 Å². The molecule has 1 spiro atoms. The number of fused-ring (bicyclic) bond motifs is 7. The van der Waals surface area contributed by atoms with Gasteiger partial charge in [0.25, 0.3) is 0 Å². The lowest BCUT2D eigenvalue weighted by atomic mass is 9.64. The molecule has 2 radical (unpaired) electrons. The van der Waals surface area contributed by atoms with E-state index in [2.05, 4.69) is 79.2 Å². The lowest BCUT2D eigenvalue weighted by molar-refractivity contribution is 0.436. The van der Waals surface area contributed by atoms with Crippen molar-refractivity contribution in [2.24, 2.45) is 0 Å². The van der Waals surface area contributed by atoms with Gasteiger partial charge in [0, 0.05) is 5.41 Å². The number of rotatable bonds is 0. The molecular formula is C24H20. The molecule has 1 saturated carbocycles. The van der Waals surface area contributed by atoms with Gasteiger partial charge in [-0.05, 0) is 52.6 Å². The minimum Gasteiger partial charge on any atom is -0.0619 e. The molecule has 0 heteroatoms. The van der Waals surface area contributed by atoms with Gasteiger partial charge in [0.1, 0.15) is 0 Å². The van der Waals surface area contributed by atoms with Crippen LogP contribution in [0.5, 0.6) is 0 Å². The maximum atomic E-state index is 3.92. The van der Waals surface area contributed by atoms with Gasteiger partial charge in [0.2, 0.25) is 0 Å². The fraction of sp³-hybridized carbons (Fsp3) is 0.208. The van der Waals surface area contributed by atoms with Crippen LogP contribution in [0.4, 0.5) is 0 Å². The van der Waals surface area contributed by atoms with Gasteiger partial charge in [-0.25, -0.2) is 0 Å². The average Bonchev–Trinajstić information content (AvgIpc) is 2.77. The first-order chi connectivity index (χ1) is 11.9. The van der Waals surface area contributed by atoms with E-state index in [0.717, 1.165) is 12.8 Å². The Bertz CT molecular complexity index is 829. The van der Waals surface area contributed by atoms with Crippen LogP contribution < -0.4 is 0 Å². The largest absolute Gasteiger partial charge is 0.0619 e. The van der Waals surface area contributed by atoms with Crippen LogP contribution >= 0.6 is 0 Å². The van der Waals surface area contributed by atoms with E-state index in [-0.39, 0.29) is 5.41 Å². The number of hydrogen-bond donors (Lipinski definition) is 0. The Morgan fingerprint density at radius 1 is 0.583 bits per heavy atom. The van der Waals surface area contributed by atoms with Gasteiger partial charge in [-0.15, -0.1) is 0 Å².